The Balaban J connectivity index is 1.43. The number of halogens is 1. The predicted molar refractivity (Wildman–Crippen MR) is 138 cm³/mol. The SMILES string of the molecule is CC(C)Oc1cc(F)ccc1Nc1ncnc2sc(C(=O)C(=N)CCCCC3CCCCC3)nc12. The van der Waals surface area contributed by atoms with Gasteiger partial charge in [-0.05, 0) is 44.7 Å². The van der Waals surface area contributed by atoms with E-state index in [4.69, 9.17) is 10.1 Å². The van der Waals surface area contributed by atoms with Gasteiger partial charge < -0.3 is 15.5 Å². The zero-order valence-corrected chi connectivity index (χ0v) is 21.1. The number of anilines is 2. The van der Waals surface area contributed by atoms with Crippen LogP contribution in [0, 0.1) is 17.1 Å². The molecule has 1 aromatic carbocycles. The standard InChI is InChI=1S/C26H32FN5O2S/c1-16(2)34-21-14-18(27)12-13-20(21)31-24-22-25(30-15-29-24)35-26(32-22)23(33)19(28)11-7-6-10-17-8-4-3-5-9-17/h12-17,28H,3-11H2,1-2H3,(H,29,30,31). The molecule has 0 aliphatic heterocycles. The van der Waals surface area contributed by atoms with Crippen molar-refractivity contribution in [1.29, 1.82) is 5.41 Å². The van der Waals surface area contributed by atoms with E-state index in [0.29, 0.717) is 34.0 Å². The number of carbonyl (C=O) groups is 1. The van der Waals surface area contributed by atoms with E-state index in [1.807, 2.05) is 13.8 Å². The van der Waals surface area contributed by atoms with E-state index in [0.717, 1.165) is 30.1 Å². The molecule has 2 aromatic heterocycles. The Labute approximate surface area is 209 Å². The van der Waals surface area contributed by atoms with Crippen molar-refractivity contribution in [2.24, 2.45) is 5.92 Å². The molecule has 0 radical (unpaired) electrons. The largest absolute Gasteiger partial charge is 0.489 e. The number of thiazole rings is 1. The van der Waals surface area contributed by atoms with Gasteiger partial charge in [0.05, 0.1) is 17.5 Å². The van der Waals surface area contributed by atoms with Crippen molar-refractivity contribution in [1.82, 2.24) is 15.0 Å². The van der Waals surface area contributed by atoms with E-state index in [1.165, 1.54) is 57.0 Å². The van der Waals surface area contributed by atoms with Crippen LogP contribution in [0.1, 0.15) is 81.4 Å². The summed E-state index contributed by atoms with van der Waals surface area (Å²) in [4.78, 5) is 26.4. The normalized spacial score (nSPS) is 14.4. The molecule has 0 unspecified atom stereocenters. The van der Waals surface area contributed by atoms with Crippen LogP contribution in [0.5, 0.6) is 5.75 Å². The molecule has 35 heavy (non-hydrogen) atoms. The number of ether oxygens (including phenoxy) is 1. The Hall–Kier alpha value is -2.94. The number of hydrogen-bond acceptors (Lipinski definition) is 8. The van der Waals surface area contributed by atoms with Crippen molar-refractivity contribution in [3.8, 4) is 5.75 Å². The topological polar surface area (TPSA) is 101 Å². The second kappa shape index (κ2) is 11.7. The summed E-state index contributed by atoms with van der Waals surface area (Å²) in [6.45, 7) is 3.72. The quantitative estimate of drug-likeness (QED) is 0.166. The van der Waals surface area contributed by atoms with E-state index in [9.17, 15) is 9.18 Å². The number of unbranched alkanes of at least 4 members (excludes halogenated alkanes) is 1. The van der Waals surface area contributed by atoms with Crippen LogP contribution >= 0.6 is 11.3 Å². The lowest BCUT2D eigenvalue weighted by molar-refractivity contribution is 0.106. The van der Waals surface area contributed by atoms with Crippen molar-refractivity contribution in [3.63, 3.8) is 0 Å². The van der Waals surface area contributed by atoms with Gasteiger partial charge in [0, 0.05) is 6.07 Å². The number of ketones is 1. The van der Waals surface area contributed by atoms with Crippen LogP contribution in [-0.4, -0.2) is 32.6 Å². The number of nitrogens with zero attached hydrogens (tertiary/aromatic N) is 3. The summed E-state index contributed by atoms with van der Waals surface area (Å²) in [6, 6.07) is 4.22. The smallest absolute Gasteiger partial charge is 0.235 e. The molecule has 0 atom stereocenters. The highest BCUT2D eigenvalue weighted by Crippen LogP contribution is 2.33. The first-order chi connectivity index (χ1) is 16.9. The molecule has 0 spiro atoms. The summed E-state index contributed by atoms with van der Waals surface area (Å²) in [5.41, 5.74) is 1.05. The number of carbonyl (C=O) groups excluding carboxylic acids is 1. The van der Waals surface area contributed by atoms with Gasteiger partial charge >= 0.3 is 0 Å². The summed E-state index contributed by atoms with van der Waals surface area (Å²) in [7, 11) is 0. The van der Waals surface area contributed by atoms with Gasteiger partial charge in [-0.3, -0.25) is 4.79 Å². The Morgan fingerprint density at radius 1 is 1.23 bits per heavy atom. The predicted octanol–water partition coefficient (Wildman–Crippen LogP) is 7.10. The van der Waals surface area contributed by atoms with Gasteiger partial charge in [0.2, 0.25) is 5.78 Å². The van der Waals surface area contributed by atoms with Crippen LogP contribution in [0.3, 0.4) is 0 Å². The van der Waals surface area contributed by atoms with Crippen molar-refractivity contribution >= 4 is 44.7 Å². The fraction of sp³-hybridized carbons (Fsp3) is 0.500. The highest BCUT2D eigenvalue weighted by molar-refractivity contribution is 7.20. The maximum absolute atomic E-state index is 13.8. The Kier molecular flexibility index (Phi) is 8.38. The lowest BCUT2D eigenvalue weighted by Crippen LogP contribution is -2.13. The molecule has 1 aliphatic carbocycles. The number of benzene rings is 1. The molecule has 1 saturated carbocycles. The molecule has 186 valence electrons. The number of nitrogens with one attached hydrogen (secondary N) is 2. The van der Waals surface area contributed by atoms with Crippen LogP contribution in [0.4, 0.5) is 15.9 Å². The second-order valence-corrected chi connectivity index (χ2v) is 10.4. The molecule has 1 fully saturated rings. The average molecular weight is 498 g/mol. The van der Waals surface area contributed by atoms with E-state index in [1.54, 1.807) is 6.07 Å². The first-order valence-corrected chi connectivity index (χ1v) is 13.2. The number of aromatic nitrogens is 3. The monoisotopic (exact) mass is 497 g/mol. The lowest BCUT2D eigenvalue weighted by atomic mass is 9.85. The first kappa shape index (κ1) is 25.2. The minimum atomic E-state index is -0.405. The first-order valence-electron chi connectivity index (χ1n) is 12.4. The fourth-order valence-electron chi connectivity index (χ4n) is 4.47. The molecule has 1 aliphatic rings. The van der Waals surface area contributed by atoms with Crippen molar-refractivity contribution in [3.05, 3.63) is 35.4 Å². The summed E-state index contributed by atoms with van der Waals surface area (Å²) in [5.74, 6) is 0.799. The third-order valence-electron chi connectivity index (χ3n) is 6.24. The Morgan fingerprint density at radius 2 is 2.03 bits per heavy atom. The van der Waals surface area contributed by atoms with Crippen LogP contribution < -0.4 is 10.1 Å². The van der Waals surface area contributed by atoms with Crippen LogP contribution in [0.2, 0.25) is 0 Å². The van der Waals surface area contributed by atoms with E-state index < -0.39 is 5.82 Å². The third-order valence-corrected chi connectivity index (χ3v) is 7.20. The van der Waals surface area contributed by atoms with Crippen molar-refractivity contribution in [2.75, 3.05) is 5.32 Å². The molecule has 0 bridgehead atoms. The Morgan fingerprint density at radius 3 is 2.80 bits per heavy atom. The van der Waals surface area contributed by atoms with Gasteiger partial charge in [-0.25, -0.2) is 19.3 Å². The number of hydrogen-bond donors (Lipinski definition) is 2. The molecule has 0 amide bonds. The van der Waals surface area contributed by atoms with Gasteiger partial charge in [-0.2, -0.15) is 0 Å². The van der Waals surface area contributed by atoms with Crippen molar-refractivity contribution < 1.29 is 13.9 Å². The average Bonchev–Trinajstić information content (AvgIpc) is 3.28. The van der Waals surface area contributed by atoms with Crippen LogP contribution in [0.25, 0.3) is 10.3 Å². The zero-order valence-electron chi connectivity index (χ0n) is 20.3. The zero-order chi connectivity index (χ0) is 24.8. The Bertz CT molecular complexity index is 1190. The van der Waals surface area contributed by atoms with Gasteiger partial charge in [-0.15, -0.1) is 0 Å². The number of fused-ring (bicyclic) bond motifs is 1. The summed E-state index contributed by atoms with van der Waals surface area (Å²) in [5, 5.41) is 11.7. The molecule has 3 aromatic rings. The molecule has 4 rings (SSSR count). The fourth-order valence-corrected chi connectivity index (χ4v) is 5.35. The van der Waals surface area contributed by atoms with E-state index >= 15 is 0 Å². The third kappa shape index (κ3) is 6.60. The summed E-state index contributed by atoms with van der Waals surface area (Å²) in [6.07, 6.45) is 11.5. The van der Waals surface area contributed by atoms with Gasteiger partial charge in [0.25, 0.3) is 0 Å². The van der Waals surface area contributed by atoms with Crippen molar-refractivity contribution in [2.45, 2.75) is 77.7 Å². The van der Waals surface area contributed by atoms with E-state index in [-0.39, 0.29) is 22.6 Å². The highest BCUT2D eigenvalue weighted by Gasteiger charge is 2.21. The molecule has 2 heterocycles. The maximum atomic E-state index is 13.8. The minimum absolute atomic E-state index is 0.0846. The molecule has 0 saturated heterocycles. The second-order valence-electron chi connectivity index (χ2n) is 9.38. The molecule has 7 nitrogen and oxygen atoms in total. The molecule has 2 N–H and O–H groups in total. The van der Waals surface area contributed by atoms with Gasteiger partial charge in [0.15, 0.2) is 10.8 Å². The van der Waals surface area contributed by atoms with Gasteiger partial charge in [-0.1, -0.05) is 56.3 Å². The number of Topliss-reactive ketones (excluding diaryl/α,β-unsaturated/α-hetero) is 1. The maximum Gasteiger partial charge on any atom is 0.235 e. The molecular weight excluding hydrogens is 465 g/mol. The number of rotatable bonds is 11. The van der Waals surface area contributed by atoms with Gasteiger partial charge in [0.1, 0.15) is 28.2 Å². The molecular formula is C26H32FN5O2S. The van der Waals surface area contributed by atoms with E-state index in [2.05, 4.69) is 20.3 Å². The lowest BCUT2D eigenvalue weighted by Gasteiger charge is -2.21. The summed E-state index contributed by atoms with van der Waals surface area (Å²) >= 11 is 1.15. The minimum Gasteiger partial charge on any atom is -0.489 e. The summed E-state index contributed by atoms with van der Waals surface area (Å²) < 4.78 is 19.5. The molecule has 9 heteroatoms. The van der Waals surface area contributed by atoms with Crippen LogP contribution in [0.15, 0.2) is 24.5 Å². The highest BCUT2D eigenvalue weighted by atomic mass is 32.1. The van der Waals surface area contributed by atoms with Crippen LogP contribution in [-0.2, 0) is 0 Å².